The highest BCUT2D eigenvalue weighted by atomic mass is 16.5. The standard InChI is InChI=1S/C22H26N2O2/c1-3-26-22(25)14-18-9-10-21-20(13-18)19(15-23-21)11-12-24(2)16-17-7-5-4-6-8-17/h4-10,13,15,23H,3,11-12,14,16H2,1-2H3. The molecule has 0 fully saturated rings. The average Bonchev–Trinajstić information content (AvgIpc) is 3.03. The molecule has 26 heavy (non-hydrogen) atoms. The smallest absolute Gasteiger partial charge is 0.310 e. The lowest BCUT2D eigenvalue weighted by molar-refractivity contribution is -0.142. The molecule has 4 nitrogen and oxygen atoms in total. The van der Waals surface area contributed by atoms with E-state index in [1.54, 1.807) is 0 Å². The molecule has 3 aromatic rings. The molecule has 1 N–H and O–H groups in total. The molecule has 0 saturated heterocycles. The molecule has 0 saturated carbocycles. The van der Waals surface area contributed by atoms with E-state index in [9.17, 15) is 4.79 Å². The lowest BCUT2D eigenvalue weighted by Crippen LogP contribution is -2.20. The van der Waals surface area contributed by atoms with Gasteiger partial charge in [-0.15, -0.1) is 0 Å². The molecule has 0 bridgehead atoms. The van der Waals surface area contributed by atoms with Crippen molar-refractivity contribution in [1.82, 2.24) is 9.88 Å². The van der Waals surface area contributed by atoms with E-state index in [0.29, 0.717) is 13.0 Å². The van der Waals surface area contributed by atoms with Crippen molar-refractivity contribution in [2.24, 2.45) is 0 Å². The summed E-state index contributed by atoms with van der Waals surface area (Å²) in [6.45, 7) is 4.17. The molecule has 136 valence electrons. The second kappa shape index (κ2) is 8.68. The van der Waals surface area contributed by atoms with Gasteiger partial charge in [0.1, 0.15) is 0 Å². The van der Waals surface area contributed by atoms with Gasteiger partial charge in [-0.3, -0.25) is 4.79 Å². The molecule has 0 radical (unpaired) electrons. The molecular weight excluding hydrogens is 324 g/mol. The molecule has 1 aromatic heterocycles. The number of rotatable bonds is 8. The number of H-pyrrole nitrogens is 1. The van der Waals surface area contributed by atoms with Crippen LogP contribution in [0, 0.1) is 0 Å². The largest absolute Gasteiger partial charge is 0.466 e. The fourth-order valence-corrected chi connectivity index (χ4v) is 3.21. The van der Waals surface area contributed by atoms with Crippen molar-refractivity contribution in [3.63, 3.8) is 0 Å². The van der Waals surface area contributed by atoms with Crippen LogP contribution in [-0.2, 0) is 28.9 Å². The van der Waals surface area contributed by atoms with Gasteiger partial charge in [0, 0.05) is 30.2 Å². The van der Waals surface area contributed by atoms with E-state index in [2.05, 4.69) is 53.5 Å². The summed E-state index contributed by atoms with van der Waals surface area (Å²) >= 11 is 0. The maximum atomic E-state index is 11.7. The van der Waals surface area contributed by atoms with E-state index < -0.39 is 0 Å². The summed E-state index contributed by atoms with van der Waals surface area (Å²) in [6, 6.07) is 16.6. The molecule has 0 spiro atoms. The summed E-state index contributed by atoms with van der Waals surface area (Å²) in [7, 11) is 2.15. The van der Waals surface area contributed by atoms with E-state index in [-0.39, 0.29) is 5.97 Å². The molecule has 0 aliphatic carbocycles. The van der Waals surface area contributed by atoms with Gasteiger partial charge in [0.05, 0.1) is 13.0 Å². The van der Waals surface area contributed by atoms with Crippen molar-refractivity contribution in [2.45, 2.75) is 26.3 Å². The summed E-state index contributed by atoms with van der Waals surface area (Å²) in [5.41, 5.74) is 4.71. The first-order chi connectivity index (χ1) is 12.7. The molecule has 2 aromatic carbocycles. The number of nitrogens with one attached hydrogen (secondary N) is 1. The highest BCUT2D eigenvalue weighted by molar-refractivity contribution is 5.85. The number of ether oxygens (including phenoxy) is 1. The number of nitrogens with zero attached hydrogens (tertiary/aromatic N) is 1. The lowest BCUT2D eigenvalue weighted by Gasteiger charge is -2.16. The van der Waals surface area contributed by atoms with E-state index in [0.717, 1.165) is 30.6 Å². The minimum absolute atomic E-state index is 0.175. The molecule has 0 unspecified atom stereocenters. The van der Waals surface area contributed by atoms with Gasteiger partial charge < -0.3 is 14.6 Å². The second-order valence-corrected chi connectivity index (χ2v) is 6.65. The number of carbonyl (C=O) groups is 1. The zero-order valence-corrected chi connectivity index (χ0v) is 15.5. The third kappa shape index (κ3) is 4.73. The third-order valence-electron chi connectivity index (χ3n) is 4.54. The molecule has 1 heterocycles. The van der Waals surface area contributed by atoms with Gasteiger partial charge in [-0.1, -0.05) is 36.4 Å². The summed E-state index contributed by atoms with van der Waals surface area (Å²) < 4.78 is 5.05. The number of carbonyl (C=O) groups excluding carboxylic acids is 1. The van der Waals surface area contributed by atoms with E-state index in [1.165, 1.54) is 16.5 Å². The predicted octanol–water partition coefficient (Wildman–Crippen LogP) is 3.95. The maximum absolute atomic E-state index is 11.7. The van der Waals surface area contributed by atoms with Crippen LogP contribution >= 0.6 is 0 Å². The number of esters is 1. The van der Waals surface area contributed by atoms with E-state index >= 15 is 0 Å². The van der Waals surface area contributed by atoms with Crippen molar-refractivity contribution in [1.29, 1.82) is 0 Å². The van der Waals surface area contributed by atoms with Gasteiger partial charge in [-0.2, -0.15) is 0 Å². The second-order valence-electron chi connectivity index (χ2n) is 6.65. The third-order valence-corrected chi connectivity index (χ3v) is 4.54. The van der Waals surface area contributed by atoms with E-state index in [1.807, 2.05) is 25.1 Å². The summed E-state index contributed by atoms with van der Waals surface area (Å²) in [4.78, 5) is 17.4. The summed E-state index contributed by atoms with van der Waals surface area (Å²) in [5, 5.41) is 1.19. The van der Waals surface area contributed by atoms with Crippen molar-refractivity contribution in [3.8, 4) is 0 Å². The van der Waals surface area contributed by atoms with Crippen molar-refractivity contribution in [3.05, 3.63) is 71.4 Å². The minimum atomic E-state index is -0.175. The molecule has 0 aliphatic rings. The van der Waals surface area contributed by atoms with Gasteiger partial charge >= 0.3 is 5.97 Å². The molecule has 0 atom stereocenters. The Kier molecular flexibility index (Phi) is 6.08. The Morgan fingerprint density at radius 2 is 1.92 bits per heavy atom. The minimum Gasteiger partial charge on any atom is -0.466 e. The highest BCUT2D eigenvalue weighted by Crippen LogP contribution is 2.21. The Morgan fingerprint density at radius 3 is 2.69 bits per heavy atom. The number of fused-ring (bicyclic) bond motifs is 1. The van der Waals surface area contributed by atoms with Crippen LogP contribution in [0.15, 0.2) is 54.7 Å². The van der Waals surface area contributed by atoms with Crippen LogP contribution in [0.1, 0.15) is 23.6 Å². The molecular formula is C22H26N2O2. The zero-order chi connectivity index (χ0) is 18.4. The first kappa shape index (κ1) is 18.2. The number of hydrogen-bond acceptors (Lipinski definition) is 3. The van der Waals surface area contributed by atoms with Gasteiger partial charge in [0.2, 0.25) is 0 Å². The zero-order valence-electron chi connectivity index (χ0n) is 15.5. The first-order valence-corrected chi connectivity index (χ1v) is 9.12. The number of aromatic nitrogens is 1. The monoisotopic (exact) mass is 350 g/mol. The van der Waals surface area contributed by atoms with Crippen LogP contribution in [-0.4, -0.2) is 36.1 Å². The quantitative estimate of drug-likeness (QED) is 0.626. The van der Waals surface area contributed by atoms with Gasteiger partial charge in [0.15, 0.2) is 0 Å². The Bertz CT molecular complexity index is 855. The molecule has 4 heteroatoms. The Morgan fingerprint density at radius 1 is 1.12 bits per heavy atom. The van der Waals surface area contributed by atoms with E-state index in [4.69, 9.17) is 4.74 Å². The fraction of sp³-hybridized carbons (Fsp3) is 0.318. The molecule has 3 rings (SSSR count). The first-order valence-electron chi connectivity index (χ1n) is 9.12. The van der Waals surface area contributed by atoms with Crippen molar-refractivity contribution in [2.75, 3.05) is 20.2 Å². The number of hydrogen-bond donors (Lipinski definition) is 1. The van der Waals surface area contributed by atoms with Gasteiger partial charge in [-0.05, 0) is 49.2 Å². The van der Waals surface area contributed by atoms with Gasteiger partial charge in [-0.25, -0.2) is 0 Å². The number of aromatic amines is 1. The highest BCUT2D eigenvalue weighted by Gasteiger charge is 2.09. The van der Waals surface area contributed by atoms with Crippen molar-refractivity contribution < 1.29 is 9.53 Å². The summed E-state index contributed by atoms with van der Waals surface area (Å²) in [6.07, 6.45) is 3.36. The van der Waals surface area contributed by atoms with Crippen LogP contribution < -0.4 is 0 Å². The Hall–Kier alpha value is -2.59. The van der Waals surface area contributed by atoms with Crippen LogP contribution in [0.3, 0.4) is 0 Å². The summed E-state index contributed by atoms with van der Waals surface area (Å²) in [5.74, 6) is -0.175. The normalized spacial score (nSPS) is 11.2. The Balaban J connectivity index is 1.64. The topological polar surface area (TPSA) is 45.3 Å². The Labute approximate surface area is 154 Å². The van der Waals surface area contributed by atoms with Crippen LogP contribution in [0.4, 0.5) is 0 Å². The molecule has 0 amide bonds. The number of benzene rings is 2. The number of likely N-dealkylation sites (N-methyl/N-ethyl adjacent to an activating group) is 1. The lowest BCUT2D eigenvalue weighted by atomic mass is 10.1. The predicted molar refractivity (Wildman–Crippen MR) is 105 cm³/mol. The van der Waals surface area contributed by atoms with Gasteiger partial charge in [0.25, 0.3) is 0 Å². The average molecular weight is 350 g/mol. The molecule has 0 aliphatic heterocycles. The SMILES string of the molecule is CCOC(=O)Cc1ccc2[nH]cc(CCN(C)Cc3ccccc3)c2c1. The maximum Gasteiger partial charge on any atom is 0.310 e. The van der Waals surface area contributed by atoms with Crippen LogP contribution in [0.5, 0.6) is 0 Å². The van der Waals surface area contributed by atoms with Crippen molar-refractivity contribution >= 4 is 16.9 Å². The fourth-order valence-electron chi connectivity index (χ4n) is 3.21. The van der Waals surface area contributed by atoms with Crippen LogP contribution in [0.2, 0.25) is 0 Å². The van der Waals surface area contributed by atoms with Crippen LogP contribution in [0.25, 0.3) is 10.9 Å².